The first-order valence-corrected chi connectivity index (χ1v) is 13.2. The highest BCUT2D eigenvalue weighted by atomic mass is 32.2. The van der Waals surface area contributed by atoms with Gasteiger partial charge in [-0.2, -0.15) is 4.31 Å². The minimum absolute atomic E-state index is 0.117. The van der Waals surface area contributed by atoms with Crippen LogP contribution in [-0.2, 0) is 26.1 Å². The molecule has 0 unspecified atom stereocenters. The fourth-order valence-corrected chi connectivity index (χ4v) is 6.09. The smallest absolute Gasteiger partial charge is 0.243 e. The number of rotatable bonds is 7. The van der Waals surface area contributed by atoms with Crippen molar-refractivity contribution in [2.24, 2.45) is 0 Å². The molecular formula is C23H28N4O4S2. The topological polar surface area (TPSA) is 93.5 Å². The number of amides is 1. The molecule has 1 aliphatic rings. The van der Waals surface area contributed by atoms with Gasteiger partial charge in [0, 0.05) is 25.3 Å². The Hall–Kier alpha value is -2.40. The standard InChI is InChI=1S/C23H28N4O4S2/c1-4-27-21-10-9-19(33(29,30)26-11-13-31-14-12-26)15-20(21)25-23(27)32-17(3)22(28)24-18-7-5-16(2)6-8-18/h5-10,15,17H,4,11-14H2,1-3H3,(H,24,28)/t17-/m1/s1. The first kappa shape index (κ1) is 23.7. The van der Waals surface area contributed by atoms with Crippen molar-refractivity contribution in [1.29, 1.82) is 0 Å². The Morgan fingerprint density at radius 2 is 1.88 bits per heavy atom. The van der Waals surface area contributed by atoms with Crippen LogP contribution in [0.25, 0.3) is 11.0 Å². The molecule has 0 aliphatic carbocycles. The second-order valence-electron chi connectivity index (χ2n) is 7.92. The second-order valence-corrected chi connectivity index (χ2v) is 11.2. The summed E-state index contributed by atoms with van der Waals surface area (Å²) in [7, 11) is -3.60. The molecular weight excluding hydrogens is 460 g/mol. The molecule has 1 saturated heterocycles. The highest BCUT2D eigenvalue weighted by Gasteiger charge is 2.27. The molecule has 176 valence electrons. The Balaban J connectivity index is 1.56. The number of aryl methyl sites for hydroxylation is 2. The van der Waals surface area contributed by atoms with Crippen molar-refractivity contribution in [3.63, 3.8) is 0 Å². The van der Waals surface area contributed by atoms with Gasteiger partial charge in [0.2, 0.25) is 15.9 Å². The van der Waals surface area contributed by atoms with Crippen LogP contribution in [0.1, 0.15) is 19.4 Å². The summed E-state index contributed by atoms with van der Waals surface area (Å²) in [6, 6.07) is 12.7. The maximum atomic E-state index is 13.0. The fraction of sp³-hybridized carbons (Fsp3) is 0.391. The molecule has 0 bridgehead atoms. The SMILES string of the molecule is CCn1c(S[C@H](C)C(=O)Nc2ccc(C)cc2)nc2cc(S(=O)(=O)N3CCOCC3)ccc21. The van der Waals surface area contributed by atoms with Gasteiger partial charge in [0.15, 0.2) is 5.16 Å². The lowest BCUT2D eigenvalue weighted by Gasteiger charge is -2.26. The zero-order valence-corrected chi connectivity index (χ0v) is 20.6. The maximum Gasteiger partial charge on any atom is 0.243 e. The molecule has 1 fully saturated rings. The number of thioether (sulfide) groups is 1. The number of hydrogen-bond acceptors (Lipinski definition) is 6. The zero-order chi connectivity index (χ0) is 23.6. The molecule has 10 heteroatoms. The normalized spacial score (nSPS) is 16.1. The van der Waals surface area contributed by atoms with Gasteiger partial charge in [-0.05, 0) is 51.1 Å². The van der Waals surface area contributed by atoms with E-state index in [2.05, 4.69) is 10.3 Å². The van der Waals surface area contributed by atoms with Crippen LogP contribution in [0.3, 0.4) is 0 Å². The van der Waals surface area contributed by atoms with Gasteiger partial charge in [-0.1, -0.05) is 29.5 Å². The Kier molecular flexibility index (Phi) is 7.08. The van der Waals surface area contributed by atoms with E-state index in [-0.39, 0.29) is 16.1 Å². The van der Waals surface area contributed by atoms with Crippen molar-refractivity contribution in [3.05, 3.63) is 48.0 Å². The molecule has 2 heterocycles. The quantitative estimate of drug-likeness (QED) is 0.512. The lowest BCUT2D eigenvalue weighted by molar-refractivity contribution is -0.115. The van der Waals surface area contributed by atoms with Gasteiger partial charge < -0.3 is 14.6 Å². The van der Waals surface area contributed by atoms with Crippen molar-refractivity contribution in [2.45, 2.75) is 42.6 Å². The van der Waals surface area contributed by atoms with E-state index >= 15 is 0 Å². The van der Waals surface area contributed by atoms with E-state index in [0.717, 1.165) is 16.8 Å². The Bertz CT molecular complexity index is 1250. The van der Waals surface area contributed by atoms with E-state index in [9.17, 15) is 13.2 Å². The number of fused-ring (bicyclic) bond motifs is 1. The molecule has 1 amide bonds. The van der Waals surface area contributed by atoms with Crippen LogP contribution in [0.4, 0.5) is 5.69 Å². The molecule has 1 N–H and O–H groups in total. The number of ether oxygens (including phenoxy) is 1. The molecule has 8 nitrogen and oxygen atoms in total. The molecule has 0 spiro atoms. The van der Waals surface area contributed by atoms with Crippen LogP contribution < -0.4 is 5.32 Å². The highest BCUT2D eigenvalue weighted by Crippen LogP contribution is 2.30. The molecule has 33 heavy (non-hydrogen) atoms. The summed E-state index contributed by atoms with van der Waals surface area (Å²) < 4.78 is 34.8. The Morgan fingerprint density at radius 3 is 2.55 bits per heavy atom. The van der Waals surface area contributed by atoms with E-state index in [1.807, 2.05) is 49.6 Å². The fourth-order valence-electron chi connectivity index (χ4n) is 3.67. The lowest BCUT2D eigenvalue weighted by atomic mass is 10.2. The van der Waals surface area contributed by atoms with Gasteiger partial charge in [0.25, 0.3) is 0 Å². The number of sulfonamides is 1. The van der Waals surface area contributed by atoms with Gasteiger partial charge >= 0.3 is 0 Å². The summed E-state index contributed by atoms with van der Waals surface area (Å²) in [5, 5.41) is 3.23. The first-order valence-electron chi connectivity index (χ1n) is 10.9. The average Bonchev–Trinajstić information content (AvgIpc) is 3.17. The van der Waals surface area contributed by atoms with Crippen LogP contribution >= 0.6 is 11.8 Å². The number of nitrogens with one attached hydrogen (secondary N) is 1. The van der Waals surface area contributed by atoms with E-state index in [1.165, 1.54) is 16.1 Å². The van der Waals surface area contributed by atoms with Crippen LogP contribution in [0.5, 0.6) is 0 Å². The highest BCUT2D eigenvalue weighted by molar-refractivity contribution is 8.00. The number of nitrogens with zero attached hydrogens (tertiary/aromatic N) is 3. The third-order valence-corrected chi connectivity index (χ3v) is 8.56. The van der Waals surface area contributed by atoms with E-state index in [1.54, 1.807) is 18.2 Å². The van der Waals surface area contributed by atoms with Crippen molar-refractivity contribution in [3.8, 4) is 0 Å². The summed E-state index contributed by atoms with van der Waals surface area (Å²) in [5.41, 5.74) is 3.31. The third-order valence-electron chi connectivity index (χ3n) is 5.58. The first-order chi connectivity index (χ1) is 15.8. The Labute approximate surface area is 198 Å². The average molecular weight is 489 g/mol. The van der Waals surface area contributed by atoms with Gasteiger partial charge in [-0.15, -0.1) is 0 Å². The number of anilines is 1. The molecule has 4 rings (SSSR count). The minimum atomic E-state index is -3.60. The monoisotopic (exact) mass is 488 g/mol. The number of benzene rings is 2. The molecule has 1 aliphatic heterocycles. The van der Waals surface area contributed by atoms with Crippen molar-refractivity contribution in [1.82, 2.24) is 13.9 Å². The summed E-state index contributed by atoms with van der Waals surface area (Å²) in [5.74, 6) is -0.117. The number of aromatic nitrogens is 2. The number of morpholine rings is 1. The summed E-state index contributed by atoms with van der Waals surface area (Å²) >= 11 is 1.36. The van der Waals surface area contributed by atoms with Crippen LogP contribution in [0, 0.1) is 6.92 Å². The lowest BCUT2D eigenvalue weighted by Crippen LogP contribution is -2.40. The summed E-state index contributed by atoms with van der Waals surface area (Å²) in [4.78, 5) is 17.6. The summed E-state index contributed by atoms with van der Waals surface area (Å²) in [6.45, 7) is 7.97. The Morgan fingerprint density at radius 1 is 1.18 bits per heavy atom. The predicted octanol–water partition coefficient (Wildman–Crippen LogP) is 3.50. The summed E-state index contributed by atoms with van der Waals surface area (Å²) in [6.07, 6.45) is 0. The number of carbonyl (C=O) groups excluding carboxylic acids is 1. The number of imidazole rings is 1. The molecule has 2 aromatic carbocycles. The van der Waals surface area contributed by atoms with Crippen molar-refractivity contribution < 1.29 is 17.9 Å². The van der Waals surface area contributed by atoms with Gasteiger partial charge in [0.1, 0.15) is 0 Å². The van der Waals surface area contributed by atoms with Crippen LogP contribution in [-0.4, -0.2) is 59.7 Å². The maximum absolute atomic E-state index is 13.0. The minimum Gasteiger partial charge on any atom is -0.379 e. The van der Waals surface area contributed by atoms with Crippen LogP contribution in [0.2, 0.25) is 0 Å². The van der Waals surface area contributed by atoms with Gasteiger partial charge in [-0.3, -0.25) is 4.79 Å². The molecule has 1 aromatic heterocycles. The molecule has 0 radical (unpaired) electrons. The number of hydrogen-bond donors (Lipinski definition) is 1. The van der Waals surface area contributed by atoms with Gasteiger partial charge in [-0.25, -0.2) is 13.4 Å². The van der Waals surface area contributed by atoms with E-state index < -0.39 is 10.0 Å². The van der Waals surface area contributed by atoms with Crippen LogP contribution in [0.15, 0.2) is 52.5 Å². The largest absolute Gasteiger partial charge is 0.379 e. The zero-order valence-electron chi connectivity index (χ0n) is 18.9. The van der Waals surface area contributed by atoms with E-state index in [0.29, 0.717) is 43.5 Å². The van der Waals surface area contributed by atoms with E-state index in [4.69, 9.17) is 4.74 Å². The number of carbonyl (C=O) groups is 1. The molecule has 3 aromatic rings. The van der Waals surface area contributed by atoms with Gasteiger partial charge in [0.05, 0.1) is 34.4 Å². The predicted molar refractivity (Wildman–Crippen MR) is 130 cm³/mol. The third kappa shape index (κ3) is 5.08. The molecule has 0 saturated carbocycles. The van der Waals surface area contributed by atoms with Crippen molar-refractivity contribution in [2.75, 3.05) is 31.6 Å². The molecule has 1 atom stereocenters. The second kappa shape index (κ2) is 9.84. The van der Waals surface area contributed by atoms with Crippen molar-refractivity contribution >= 4 is 44.4 Å².